The van der Waals surface area contributed by atoms with E-state index in [9.17, 15) is 9.59 Å². The number of hydrogen-bond donors (Lipinski definition) is 3. The molecule has 0 aliphatic carbocycles. The summed E-state index contributed by atoms with van der Waals surface area (Å²) in [6.45, 7) is 7.11. The molecule has 0 aliphatic heterocycles. The second-order valence-corrected chi connectivity index (χ2v) is 4.84. The Morgan fingerprint density at radius 3 is 2.62 bits per heavy atom. The van der Waals surface area contributed by atoms with Gasteiger partial charge in [0.25, 0.3) is 5.91 Å². The minimum Gasteiger partial charge on any atom is -0.370 e. The zero-order chi connectivity index (χ0) is 15.7. The molecule has 1 heterocycles. The SMILES string of the molecule is CCCNC(=O)C(C)NC(=O)c1ccnc(NCCC)c1. The summed E-state index contributed by atoms with van der Waals surface area (Å²) in [7, 11) is 0. The molecule has 1 aromatic rings. The number of rotatable bonds is 8. The highest BCUT2D eigenvalue weighted by molar-refractivity contribution is 5.97. The highest BCUT2D eigenvalue weighted by Gasteiger charge is 2.16. The van der Waals surface area contributed by atoms with Gasteiger partial charge in [-0.15, -0.1) is 0 Å². The van der Waals surface area contributed by atoms with Crippen LogP contribution in [0.2, 0.25) is 0 Å². The average Bonchev–Trinajstić information content (AvgIpc) is 2.50. The van der Waals surface area contributed by atoms with Crippen molar-refractivity contribution < 1.29 is 9.59 Å². The number of carbonyl (C=O) groups excluding carboxylic acids is 2. The predicted molar refractivity (Wildman–Crippen MR) is 83.2 cm³/mol. The molecule has 1 rings (SSSR count). The van der Waals surface area contributed by atoms with Crippen LogP contribution in [0.5, 0.6) is 0 Å². The van der Waals surface area contributed by atoms with Crippen LogP contribution in [-0.4, -0.2) is 35.9 Å². The molecule has 1 atom stereocenters. The van der Waals surface area contributed by atoms with Crippen LogP contribution < -0.4 is 16.0 Å². The normalized spacial score (nSPS) is 11.6. The lowest BCUT2D eigenvalue weighted by Gasteiger charge is -2.14. The Hall–Kier alpha value is -2.11. The third-order valence-corrected chi connectivity index (χ3v) is 2.87. The zero-order valence-corrected chi connectivity index (χ0v) is 12.9. The van der Waals surface area contributed by atoms with Crippen LogP contribution in [0.4, 0.5) is 5.82 Å². The van der Waals surface area contributed by atoms with Crippen molar-refractivity contribution in [2.75, 3.05) is 18.4 Å². The van der Waals surface area contributed by atoms with Gasteiger partial charge in [-0.25, -0.2) is 4.98 Å². The first-order chi connectivity index (χ1) is 10.1. The summed E-state index contributed by atoms with van der Waals surface area (Å²) in [5.41, 5.74) is 0.485. The topological polar surface area (TPSA) is 83.1 Å². The van der Waals surface area contributed by atoms with Crippen molar-refractivity contribution in [2.24, 2.45) is 0 Å². The number of aromatic nitrogens is 1. The van der Waals surface area contributed by atoms with Crippen LogP contribution in [0.1, 0.15) is 44.0 Å². The van der Waals surface area contributed by atoms with Crippen LogP contribution in [0, 0.1) is 0 Å². The number of nitrogens with zero attached hydrogens (tertiary/aromatic N) is 1. The molecular weight excluding hydrogens is 268 g/mol. The second-order valence-electron chi connectivity index (χ2n) is 4.84. The summed E-state index contributed by atoms with van der Waals surface area (Å²) >= 11 is 0. The monoisotopic (exact) mass is 292 g/mol. The molecule has 0 bridgehead atoms. The van der Waals surface area contributed by atoms with Crippen LogP contribution >= 0.6 is 0 Å². The molecule has 0 radical (unpaired) electrons. The van der Waals surface area contributed by atoms with E-state index in [1.165, 1.54) is 0 Å². The van der Waals surface area contributed by atoms with Crippen molar-refractivity contribution in [2.45, 2.75) is 39.7 Å². The molecular formula is C15H24N4O2. The third-order valence-electron chi connectivity index (χ3n) is 2.87. The van der Waals surface area contributed by atoms with E-state index >= 15 is 0 Å². The number of nitrogens with one attached hydrogen (secondary N) is 3. The van der Waals surface area contributed by atoms with Gasteiger partial charge in [0.05, 0.1) is 0 Å². The zero-order valence-electron chi connectivity index (χ0n) is 12.9. The molecule has 0 saturated heterocycles. The van der Waals surface area contributed by atoms with Gasteiger partial charge in [0.2, 0.25) is 5.91 Å². The van der Waals surface area contributed by atoms with Gasteiger partial charge in [-0.1, -0.05) is 13.8 Å². The van der Waals surface area contributed by atoms with Crippen molar-refractivity contribution in [3.8, 4) is 0 Å². The first-order valence-electron chi connectivity index (χ1n) is 7.37. The minimum absolute atomic E-state index is 0.177. The van der Waals surface area contributed by atoms with Crippen LogP contribution in [-0.2, 0) is 4.79 Å². The molecule has 0 spiro atoms. The Kier molecular flexibility index (Phi) is 7.21. The Morgan fingerprint density at radius 2 is 1.95 bits per heavy atom. The lowest BCUT2D eigenvalue weighted by atomic mass is 10.2. The third kappa shape index (κ3) is 5.81. The summed E-state index contributed by atoms with van der Waals surface area (Å²) in [6, 6.07) is 2.74. The van der Waals surface area contributed by atoms with E-state index in [0.717, 1.165) is 19.4 Å². The lowest BCUT2D eigenvalue weighted by molar-refractivity contribution is -0.122. The molecule has 1 aromatic heterocycles. The maximum atomic E-state index is 12.1. The van der Waals surface area contributed by atoms with Gasteiger partial charge < -0.3 is 16.0 Å². The van der Waals surface area contributed by atoms with E-state index in [2.05, 4.69) is 27.9 Å². The highest BCUT2D eigenvalue weighted by atomic mass is 16.2. The fourth-order valence-electron chi connectivity index (χ4n) is 1.67. The van der Waals surface area contributed by atoms with E-state index in [1.54, 1.807) is 25.3 Å². The molecule has 6 nitrogen and oxygen atoms in total. The molecule has 0 aliphatic rings. The largest absolute Gasteiger partial charge is 0.370 e. The number of amides is 2. The van der Waals surface area contributed by atoms with Crippen LogP contribution in [0.3, 0.4) is 0 Å². The molecule has 0 fully saturated rings. The molecule has 21 heavy (non-hydrogen) atoms. The summed E-state index contributed by atoms with van der Waals surface area (Å²) in [5.74, 6) is 0.201. The summed E-state index contributed by atoms with van der Waals surface area (Å²) in [4.78, 5) is 28.0. The minimum atomic E-state index is -0.565. The molecule has 0 aromatic carbocycles. The van der Waals surface area contributed by atoms with Gasteiger partial charge in [0.1, 0.15) is 11.9 Å². The number of pyridine rings is 1. The Morgan fingerprint density at radius 1 is 1.24 bits per heavy atom. The number of anilines is 1. The fourth-order valence-corrected chi connectivity index (χ4v) is 1.67. The maximum absolute atomic E-state index is 12.1. The van der Waals surface area contributed by atoms with E-state index in [4.69, 9.17) is 0 Å². The predicted octanol–water partition coefficient (Wildman–Crippen LogP) is 1.55. The van der Waals surface area contributed by atoms with Crippen molar-refractivity contribution in [1.29, 1.82) is 0 Å². The molecule has 2 amide bonds. The quantitative estimate of drug-likeness (QED) is 0.679. The molecule has 6 heteroatoms. The van der Waals surface area contributed by atoms with Crippen LogP contribution in [0.15, 0.2) is 18.3 Å². The highest BCUT2D eigenvalue weighted by Crippen LogP contribution is 2.07. The van der Waals surface area contributed by atoms with Gasteiger partial charge >= 0.3 is 0 Å². The standard InChI is InChI=1S/C15H24N4O2/c1-4-7-16-13-10-12(6-9-17-13)15(21)19-11(3)14(20)18-8-5-2/h6,9-11H,4-5,7-8H2,1-3H3,(H,16,17)(H,18,20)(H,19,21). The van der Waals surface area contributed by atoms with Gasteiger partial charge in [-0.3, -0.25) is 9.59 Å². The maximum Gasteiger partial charge on any atom is 0.252 e. The Bertz CT molecular complexity index is 476. The molecule has 0 saturated carbocycles. The fraction of sp³-hybridized carbons (Fsp3) is 0.533. The van der Waals surface area contributed by atoms with Gasteiger partial charge in [-0.05, 0) is 31.9 Å². The van der Waals surface area contributed by atoms with E-state index < -0.39 is 6.04 Å². The van der Waals surface area contributed by atoms with Crippen molar-refractivity contribution in [1.82, 2.24) is 15.6 Å². The molecule has 116 valence electrons. The van der Waals surface area contributed by atoms with Gasteiger partial charge in [0.15, 0.2) is 0 Å². The van der Waals surface area contributed by atoms with Crippen molar-refractivity contribution in [3.05, 3.63) is 23.9 Å². The van der Waals surface area contributed by atoms with E-state index in [0.29, 0.717) is 17.9 Å². The summed E-state index contributed by atoms with van der Waals surface area (Å²) < 4.78 is 0. The summed E-state index contributed by atoms with van der Waals surface area (Å²) in [6.07, 6.45) is 3.42. The van der Waals surface area contributed by atoms with E-state index in [-0.39, 0.29) is 11.8 Å². The molecule has 1 unspecified atom stereocenters. The van der Waals surface area contributed by atoms with Crippen molar-refractivity contribution >= 4 is 17.6 Å². The lowest BCUT2D eigenvalue weighted by Crippen LogP contribution is -2.45. The number of carbonyl (C=O) groups is 2. The van der Waals surface area contributed by atoms with E-state index in [1.807, 2.05) is 6.92 Å². The first-order valence-corrected chi connectivity index (χ1v) is 7.37. The van der Waals surface area contributed by atoms with Gasteiger partial charge in [0, 0.05) is 24.8 Å². The van der Waals surface area contributed by atoms with Crippen LogP contribution in [0.25, 0.3) is 0 Å². The summed E-state index contributed by atoms with van der Waals surface area (Å²) in [5, 5.41) is 8.55. The Labute approximate surface area is 125 Å². The first kappa shape index (κ1) is 16.9. The average molecular weight is 292 g/mol. The number of hydrogen-bond acceptors (Lipinski definition) is 4. The Balaban J connectivity index is 2.60. The van der Waals surface area contributed by atoms with Gasteiger partial charge in [-0.2, -0.15) is 0 Å². The van der Waals surface area contributed by atoms with Crippen molar-refractivity contribution in [3.63, 3.8) is 0 Å². The smallest absolute Gasteiger partial charge is 0.252 e. The second kappa shape index (κ2) is 8.94. The molecule has 3 N–H and O–H groups in total.